The number of cyclic esters (lactones) is 1. The highest BCUT2D eigenvalue weighted by Crippen LogP contribution is 2.27. The van der Waals surface area contributed by atoms with Gasteiger partial charge in [-0.25, -0.2) is 4.79 Å². The molecule has 10 atom stereocenters. The van der Waals surface area contributed by atoms with E-state index in [0.29, 0.717) is 30.7 Å². The van der Waals surface area contributed by atoms with Gasteiger partial charge in [-0.05, 0) is 80.9 Å². The Bertz CT molecular complexity index is 2100. The molecule has 3 aliphatic rings. The van der Waals surface area contributed by atoms with Gasteiger partial charge in [-0.15, -0.1) is 0 Å². The molecule has 22 heteroatoms. The third-order valence-electron chi connectivity index (χ3n) is 13.0. The predicted molar refractivity (Wildman–Crippen MR) is 252 cm³/mol. The maximum absolute atomic E-state index is 14.8. The number of carbonyl (C=O) groups excluding carboxylic acids is 10. The molecule has 0 saturated carbocycles. The van der Waals surface area contributed by atoms with Crippen molar-refractivity contribution in [1.82, 2.24) is 41.3 Å². The molecule has 0 spiro atoms. The highest BCUT2D eigenvalue weighted by atomic mass is 16.5. The lowest BCUT2D eigenvalue weighted by Gasteiger charge is -2.44. The Kier molecular flexibility index (Phi) is 20.1. The first-order chi connectivity index (χ1) is 32.9. The van der Waals surface area contributed by atoms with Crippen molar-refractivity contribution in [3.8, 4) is 5.75 Å². The number of aliphatic hydroxyl groups is 1. The molecule has 2 bridgehead atoms. The Morgan fingerprint density at radius 1 is 0.886 bits per heavy atom. The van der Waals surface area contributed by atoms with Gasteiger partial charge in [-0.3, -0.25) is 43.2 Å². The minimum absolute atomic E-state index is 0.00712. The number of nitrogens with two attached hydrogens (primary N) is 1. The second-order valence-electron chi connectivity index (χ2n) is 19.6. The predicted octanol–water partition coefficient (Wildman–Crippen LogP) is -0.622. The number of likely N-dealkylation sites (tertiary alicyclic amines) is 1. The number of piperidine rings is 1. The first-order valence-electron chi connectivity index (χ1n) is 24.0. The molecular weight excluding hydrogens is 911 g/mol. The van der Waals surface area contributed by atoms with Gasteiger partial charge >= 0.3 is 5.97 Å². The van der Waals surface area contributed by atoms with Crippen molar-refractivity contribution in [1.29, 1.82) is 0 Å². The number of nitrogens with one attached hydrogen (secondary N) is 5. The number of methoxy groups -OCH3 is 1. The van der Waals surface area contributed by atoms with Gasteiger partial charge in [-0.1, -0.05) is 53.7 Å². The summed E-state index contributed by atoms with van der Waals surface area (Å²) in [6, 6.07) is -4.14. The number of likely N-dealkylation sites (N-methyl/N-ethyl adjacent to an activating group) is 1. The van der Waals surface area contributed by atoms with Crippen LogP contribution in [0.25, 0.3) is 0 Å². The van der Waals surface area contributed by atoms with E-state index >= 15 is 0 Å². The van der Waals surface area contributed by atoms with Crippen molar-refractivity contribution in [3.05, 3.63) is 29.8 Å². The SMILES string of the molecule is COc1ccc(CC2C(=O)NC(CC(C)C)C(=O)OC(C)C(NC(=O)C(CCC(N)=O)NC(=O)C3CCCN3C(C)=O)C(=O)NC(C(C)C)C(=O)NC3CCC(O)N(C3=O)C(C(C)C)C(=O)N2C)cc1. The first kappa shape index (κ1) is 56.3. The summed E-state index contributed by atoms with van der Waals surface area (Å²) < 4.78 is 11.2. The van der Waals surface area contributed by atoms with Crippen LogP contribution in [0.4, 0.5) is 0 Å². The Labute approximate surface area is 409 Å². The van der Waals surface area contributed by atoms with Gasteiger partial charge in [0.05, 0.1) is 7.11 Å². The lowest BCUT2D eigenvalue weighted by Crippen LogP contribution is -2.66. The number of hydrogen-bond acceptors (Lipinski definition) is 13. The first-order valence-corrected chi connectivity index (χ1v) is 24.0. The number of aliphatic hydroxyl groups excluding tert-OH is 1. The number of rotatable bonds is 14. The second-order valence-corrected chi connectivity index (χ2v) is 19.6. The Balaban J connectivity index is 1.83. The van der Waals surface area contributed by atoms with Crippen molar-refractivity contribution in [2.75, 3.05) is 20.7 Å². The summed E-state index contributed by atoms with van der Waals surface area (Å²) in [6.45, 7) is 13.1. The van der Waals surface area contributed by atoms with E-state index in [2.05, 4.69) is 26.6 Å². The third kappa shape index (κ3) is 14.4. The van der Waals surface area contributed by atoms with Crippen molar-refractivity contribution in [3.63, 3.8) is 0 Å². The number of nitrogens with zero attached hydrogens (tertiary/aromatic N) is 3. The number of benzene rings is 1. The fourth-order valence-electron chi connectivity index (χ4n) is 9.06. The number of carbonyl (C=O) groups is 10. The lowest BCUT2D eigenvalue weighted by molar-refractivity contribution is -0.167. The fourth-order valence-corrected chi connectivity index (χ4v) is 9.06. The van der Waals surface area contributed by atoms with Crippen LogP contribution in [-0.4, -0.2) is 160 Å². The zero-order chi connectivity index (χ0) is 52.3. The van der Waals surface area contributed by atoms with Gasteiger partial charge in [0.1, 0.15) is 66.4 Å². The van der Waals surface area contributed by atoms with E-state index < -0.39 is 126 Å². The smallest absolute Gasteiger partial charge is 0.328 e. The highest BCUT2D eigenvalue weighted by molar-refractivity contribution is 5.99. The van der Waals surface area contributed by atoms with Gasteiger partial charge in [-0.2, -0.15) is 0 Å². The zero-order valence-electron chi connectivity index (χ0n) is 41.9. The van der Waals surface area contributed by atoms with Gasteiger partial charge in [0, 0.05) is 33.4 Å². The standard InChI is InChI=1S/C48H73N9O13/c1-24(2)22-33-48(68)70-27(7)39(54-41(61)31(17-19-36(49)59)50-42(62)34-12-11-21-56(34)28(8)58)45(65)53-38(25(3)4)44(64)51-32-18-20-37(60)57(46(32)66)40(26(5)6)47(67)55(9)35(43(63)52-33)23-29-13-15-30(69-10)16-14-29/h13-16,24-27,31-35,37-40,60H,11-12,17-23H2,1-10H3,(H2,49,59)(H,50,62)(H,51,64)(H,52,63)(H,53,65)(H,54,61). The van der Waals surface area contributed by atoms with Crippen LogP contribution in [0.2, 0.25) is 0 Å². The van der Waals surface area contributed by atoms with E-state index in [4.69, 9.17) is 15.2 Å². The van der Waals surface area contributed by atoms with E-state index in [1.54, 1.807) is 65.8 Å². The number of fused-ring (bicyclic) bond motifs is 2. The molecular formula is C48H73N9O13. The molecule has 0 aromatic heterocycles. The number of ether oxygens (including phenoxy) is 2. The van der Waals surface area contributed by atoms with Crippen LogP contribution in [0.5, 0.6) is 5.75 Å². The average Bonchev–Trinajstić information content (AvgIpc) is 3.80. The van der Waals surface area contributed by atoms with Crippen LogP contribution in [0.1, 0.15) is 106 Å². The summed E-state index contributed by atoms with van der Waals surface area (Å²) in [6.07, 6.45) is -3.02. The number of amides is 9. The number of primary amides is 1. The quantitative estimate of drug-likeness (QED) is 0.115. The molecule has 0 aliphatic carbocycles. The second kappa shape index (κ2) is 25.0. The normalized spacial score (nSPS) is 26.9. The maximum atomic E-state index is 14.8. The molecule has 9 amide bonds. The monoisotopic (exact) mass is 984 g/mol. The van der Waals surface area contributed by atoms with Gasteiger partial charge < -0.3 is 61.6 Å². The molecule has 3 saturated heterocycles. The summed E-state index contributed by atoms with van der Waals surface area (Å²) in [4.78, 5) is 143. The Morgan fingerprint density at radius 2 is 1.54 bits per heavy atom. The summed E-state index contributed by atoms with van der Waals surface area (Å²) in [7, 11) is 2.88. The average molecular weight is 984 g/mol. The van der Waals surface area contributed by atoms with Crippen LogP contribution in [0, 0.1) is 17.8 Å². The van der Waals surface area contributed by atoms with Crippen LogP contribution in [-0.2, 0) is 59.1 Å². The lowest BCUT2D eigenvalue weighted by atomic mass is 9.93. The van der Waals surface area contributed by atoms with Crippen LogP contribution < -0.4 is 37.1 Å². The highest BCUT2D eigenvalue weighted by Gasteiger charge is 2.47. The molecule has 3 aliphatic heterocycles. The minimum atomic E-state index is -1.79. The Morgan fingerprint density at radius 3 is 2.11 bits per heavy atom. The van der Waals surface area contributed by atoms with Crippen LogP contribution >= 0.6 is 0 Å². The van der Waals surface area contributed by atoms with Gasteiger partial charge in [0.25, 0.3) is 0 Å². The van der Waals surface area contributed by atoms with E-state index in [1.807, 2.05) is 0 Å². The maximum Gasteiger partial charge on any atom is 0.328 e. The molecule has 4 rings (SSSR count). The van der Waals surface area contributed by atoms with Gasteiger partial charge in [0.2, 0.25) is 53.2 Å². The molecule has 22 nitrogen and oxygen atoms in total. The van der Waals surface area contributed by atoms with E-state index in [9.17, 15) is 53.1 Å². The molecule has 3 heterocycles. The number of hydrogen-bond donors (Lipinski definition) is 7. The third-order valence-corrected chi connectivity index (χ3v) is 13.0. The van der Waals surface area contributed by atoms with E-state index in [1.165, 1.54) is 37.8 Å². The molecule has 70 heavy (non-hydrogen) atoms. The number of esters is 1. The molecule has 388 valence electrons. The molecule has 1 aromatic rings. The summed E-state index contributed by atoms with van der Waals surface area (Å²) >= 11 is 0. The molecule has 10 unspecified atom stereocenters. The minimum Gasteiger partial charge on any atom is -0.497 e. The summed E-state index contributed by atoms with van der Waals surface area (Å²) in [5, 5.41) is 24.6. The van der Waals surface area contributed by atoms with Crippen molar-refractivity contribution in [2.45, 2.75) is 167 Å². The molecule has 3 fully saturated rings. The largest absolute Gasteiger partial charge is 0.497 e. The van der Waals surface area contributed by atoms with Crippen molar-refractivity contribution < 1.29 is 62.5 Å². The molecule has 0 radical (unpaired) electrons. The molecule has 8 N–H and O–H groups in total. The van der Waals surface area contributed by atoms with Gasteiger partial charge in [0.15, 0.2) is 0 Å². The van der Waals surface area contributed by atoms with Crippen molar-refractivity contribution >= 4 is 59.1 Å². The zero-order valence-corrected chi connectivity index (χ0v) is 41.9. The van der Waals surface area contributed by atoms with Crippen molar-refractivity contribution in [2.24, 2.45) is 23.5 Å². The summed E-state index contributed by atoms with van der Waals surface area (Å²) in [5.41, 5.74) is 6.04. The van der Waals surface area contributed by atoms with E-state index in [0.717, 1.165) is 4.90 Å². The van der Waals surface area contributed by atoms with Crippen LogP contribution in [0.15, 0.2) is 24.3 Å². The topological polar surface area (TPSA) is 305 Å². The van der Waals surface area contributed by atoms with E-state index in [-0.39, 0.29) is 50.4 Å². The fraction of sp³-hybridized carbons (Fsp3) is 0.667. The summed E-state index contributed by atoms with van der Waals surface area (Å²) in [5.74, 6) is -8.96. The Hall–Kier alpha value is -6.32. The van der Waals surface area contributed by atoms with Crippen LogP contribution in [0.3, 0.4) is 0 Å². The molecule has 1 aromatic carbocycles.